The maximum absolute atomic E-state index is 15.0. The van der Waals surface area contributed by atoms with Crippen LogP contribution in [0, 0.1) is 5.82 Å². The minimum absolute atomic E-state index is 0.310. The first-order chi connectivity index (χ1) is 12.8. The molecular weight excluding hydrogens is 329 g/mol. The van der Waals surface area contributed by atoms with Crippen molar-refractivity contribution < 1.29 is 13.9 Å². The molecule has 0 amide bonds. The van der Waals surface area contributed by atoms with Crippen LogP contribution in [0.2, 0.25) is 0 Å². The second kappa shape index (κ2) is 6.92. The van der Waals surface area contributed by atoms with E-state index < -0.39 is 0 Å². The Bertz CT molecular complexity index is 1040. The molecule has 0 spiro atoms. The SMILES string of the molecule is COc1ccccc1-c1[nH]c2ccc(OCc3ccccc3)cc2c1F. The highest BCUT2D eigenvalue weighted by molar-refractivity contribution is 5.89. The molecule has 0 aliphatic rings. The lowest BCUT2D eigenvalue weighted by atomic mass is 10.1. The van der Waals surface area contributed by atoms with Crippen LogP contribution in [0.1, 0.15) is 5.56 Å². The number of hydrogen-bond donors (Lipinski definition) is 1. The average molecular weight is 347 g/mol. The zero-order valence-corrected chi connectivity index (χ0v) is 14.3. The Morgan fingerprint density at radius 2 is 1.69 bits per heavy atom. The van der Waals surface area contributed by atoms with E-state index in [0.717, 1.165) is 11.1 Å². The van der Waals surface area contributed by atoms with Gasteiger partial charge in [-0.05, 0) is 35.9 Å². The summed E-state index contributed by atoms with van der Waals surface area (Å²) in [7, 11) is 1.58. The van der Waals surface area contributed by atoms with Crippen molar-refractivity contribution >= 4 is 10.9 Å². The van der Waals surface area contributed by atoms with Gasteiger partial charge in [-0.15, -0.1) is 0 Å². The molecule has 4 heteroatoms. The Labute approximate surface area is 151 Å². The highest BCUT2D eigenvalue weighted by Gasteiger charge is 2.16. The first kappa shape index (κ1) is 16.2. The molecule has 0 saturated carbocycles. The van der Waals surface area contributed by atoms with Crippen molar-refractivity contribution in [1.29, 1.82) is 0 Å². The first-order valence-electron chi connectivity index (χ1n) is 8.37. The van der Waals surface area contributed by atoms with E-state index in [1.807, 2.05) is 66.7 Å². The van der Waals surface area contributed by atoms with Gasteiger partial charge in [0.05, 0.1) is 12.8 Å². The number of hydrogen-bond acceptors (Lipinski definition) is 2. The van der Waals surface area contributed by atoms with Gasteiger partial charge in [0.15, 0.2) is 5.82 Å². The largest absolute Gasteiger partial charge is 0.496 e. The molecule has 0 saturated heterocycles. The summed E-state index contributed by atoms with van der Waals surface area (Å²) in [5.41, 5.74) is 2.89. The molecule has 3 aromatic carbocycles. The third-order valence-corrected chi connectivity index (χ3v) is 4.33. The third-order valence-electron chi connectivity index (χ3n) is 4.33. The van der Waals surface area contributed by atoms with Crippen molar-refractivity contribution in [3.05, 3.63) is 84.2 Å². The highest BCUT2D eigenvalue weighted by Crippen LogP contribution is 2.35. The predicted octanol–water partition coefficient (Wildman–Crippen LogP) is 5.56. The molecule has 0 bridgehead atoms. The molecule has 130 valence electrons. The molecular formula is C22H18FNO2. The third kappa shape index (κ3) is 3.02. The monoisotopic (exact) mass is 347 g/mol. The lowest BCUT2D eigenvalue weighted by Crippen LogP contribution is -1.94. The molecule has 0 unspecified atom stereocenters. The maximum atomic E-state index is 15.0. The van der Waals surface area contributed by atoms with Crippen LogP contribution >= 0.6 is 0 Å². The van der Waals surface area contributed by atoms with Crippen LogP contribution in [-0.4, -0.2) is 12.1 Å². The maximum Gasteiger partial charge on any atom is 0.156 e. The average Bonchev–Trinajstić information content (AvgIpc) is 3.03. The molecule has 4 aromatic rings. The van der Waals surface area contributed by atoms with Crippen LogP contribution in [0.15, 0.2) is 72.8 Å². The number of methoxy groups -OCH3 is 1. The van der Waals surface area contributed by atoms with Gasteiger partial charge in [0, 0.05) is 16.5 Å². The second-order valence-electron chi connectivity index (χ2n) is 6.00. The standard InChI is InChI=1S/C22H18FNO2/c1-25-20-10-6-5-9-17(20)22-21(23)18-13-16(11-12-19(18)24-22)26-14-15-7-3-2-4-8-15/h2-13,24H,14H2,1H3. The lowest BCUT2D eigenvalue weighted by molar-refractivity contribution is 0.306. The number of fused-ring (bicyclic) bond motifs is 1. The fraction of sp³-hybridized carbons (Fsp3) is 0.0909. The Morgan fingerprint density at radius 1 is 0.923 bits per heavy atom. The quantitative estimate of drug-likeness (QED) is 0.513. The molecule has 1 N–H and O–H groups in total. The topological polar surface area (TPSA) is 34.2 Å². The van der Waals surface area contributed by atoms with E-state index in [-0.39, 0.29) is 5.82 Å². The highest BCUT2D eigenvalue weighted by atomic mass is 19.1. The molecule has 0 radical (unpaired) electrons. The summed E-state index contributed by atoms with van der Waals surface area (Å²) >= 11 is 0. The van der Waals surface area contributed by atoms with Gasteiger partial charge in [0.2, 0.25) is 0 Å². The summed E-state index contributed by atoms with van der Waals surface area (Å²) in [6, 6.07) is 22.6. The van der Waals surface area contributed by atoms with Crippen molar-refractivity contribution in [2.75, 3.05) is 7.11 Å². The van der Waals surface area contributed by atoms with Gasteiger partial charge in [-0.1, -0.05) is 42.5 Å². The summed E-state index contributed by atoms with van der Waals surface area (Å²) in [5.74, 6) is 0.944. The van der Waals surface area contributed by atoms with Crippen molar-refractivity contribution in [3.8, 4) is 22.8 Å². The minimum Gasteiger partial charge on any atom is -0.496 e. The normalized spacial score (nSPS) is 10.8. The first-order valence-corrected chi connectivity index (χ1v) is 8.37. The van der Waals surface area contributed by atoms with Gasteiger partial charge in [0.25, 0.3) is 0 Å². The van der Waals surface area contributed by atoms with Gasteiger partial charge in [-0.25, -0.2) is 4.39 Å². The smallest absolute Gasteiger partial charge is 0.156 e. The molecule has 1 aromatic heterocycles. The van der Waals surface area contributed by atoms with Gasteiger partial charge < -0.3 is 14.5 Å². The zero-order chi connectivity index (χ0) is 17.9. The molecule has 0 aliphatic heterocycles. The number of benzene rings is 3. The van der Waals surface area contributed by atoms with Crippen molar-refractivity contribution in [3.63, 3.8) is 0 Å². The Kier molecular flexibility index (Phi) is 4.32. The number of aromatic nitrogens is 1. The summed E-state index contributed by atoms with van der Waals surface area (Å²) in [5, 5.41) is 0.497. The molecule has 3 nitrogen and oxygen atoms in total. The van der Waals surface area contributed by atoms with Gasteiger partial charge >= 0.3 is 0 Å². The van der Waals surface area contributed by atoms with Crippen molar-refractivity contribution in [2.45, 2.75) is 6.61 Å². The molecule has 0 aliphatic carbocycles. The van der Waals surface area contributed by atoms with E-state index in [2.05, 4.69) is 4.98 Å². The van der Waals surface area contributed by atoms with Crippen LogP contribution in [-0.2, 0) is 6.61 Å². The zero-order valence-electron chi connectivity index (χ0n) is 14.3. The van der Waals surface area contributed by atoms with E-state index >= 15 is 4.39 Å². The fourth-order valence-electron chi connectivity index (χ4n) is 3.01. The number of para-hydroxylation sites is 1. The number of ether oxygens (including phenoxy) is 2. The van der Waals surface area contributed by atoms with Gasteiger partial charge in [-0.2, -0.15) is 0 Å². The fourth-order valence-corrected chi connectivity index (χ4v) is 3.01. The van der Waals surface area contributed by atoms with Gasteiger partial charge in [0.1, 0.15) is 18.1 Å². The minimum atomic E-state index is -0.310. The van der Waals surface area contributed by atoms with E-state index in [4.69, 9.17) is 9.47 Å². The van der Waals surface area contributed by atoms with Gasteiger partial charge in [-0.3, -0.25) is 0 Å². The van der Waals surface area contributed by atoms with E-state index in [0.29, 0.717) is 34.7 Å². The predicted molar refractivity (Wildman–Crippen MR) is 101 cm³/mol. The van der Waals surface area contributed by atoms with E-state index in [1.165, 1.54) is 0 Å². The number of halogens is 1. The van der Waals surface area contributed by atoms with Crippen LogP contribution < -0.4 is 9.47 Å². The van der Waals surface area contributed by atoms with Crippen LogP contribution in [0.4, 0.5) is 4.39 Å². The Hall–Kier alpha value is -3.27. The summed E-state index contributed by atoms with van der Waals surface area (Å²) in [6.07, 6.45) is 0. The lowest BCUT2D eigenvalue weighted by Gasteiger charge is -2.06. The van der Waals surface area contributed by atoms with Crippen LogP contribution in [0.25, 0.3) is 22.2 Å². The second-order valence-corrected chi connectivity index (χ2v) is 6.00. The number of aromatic amines is 1. The number of H-pyrrole nitrogens is 1. The molecule has 0 atom stereocenters. The Morgan fingerprint density at radius 3 is 2.50 bits per heavy atom. The summed E-state index contributed by atoms with van der Waals surface area (Å²) in [6.45, 7) is 0.442. The number of nitrogens with one attached hydrogen (secondary N) is 1. The molecule has 0 fully saturated rings. The van der Waals surface area contributed by atoms with E-state index in [1.54, 1.807) is 13.2 Å². The van der Waals surface area contributed by atoms with E-state index in [9.17, 15) is 0 Å². The molecule has 4 rings (SSSR count). The summed E-state index contributed by atoms with van der Waals surface area (Å²) in [4.78, 5) is 3.15. The molecule has 26 heavy (non-hydrogen) atoms. The number of rotatable bonds is 5. The molecule has 1 heterocycles. The van der Waals surface area contributed by atoms with Crippen molar-refractivity contribution in [2.24, 2.45) is 0 Å². The Balaban J connectivity index is 1.67. The van der Waals surface area contributed by atoms with Crippen LogP contribution in [0.5, 0.6) is 11.5 Å². The summed E-state index contributed by atoms with van der Waals surface area (Å²) < 4.78 is 26.2. The van der Waals surface area contributed by atoms with Crippen molar-refractivity contribution in [1.82, 2.24) is 4.98 Å². The van der Waals surface area contributed by atoms with Crippen LogP contribution in [0.3, 0.4) is 0 Å².